The van der Waals surface area contributed by atoms with E-state index in [1.807, 2.05) is 18.2 Å². The molecule has 3 heteroatoms. The van der Waals surface area contributed by atoms with Crippen LogP contribution in [0.3, 0.4) is 0 Å². The molecular weight excluding hydrogens is 244 g/mol. The average molecular weight is 255 g/mol. The summed E-state index contributed by atoms with van der Waals surface area (Å²) in [5, 5.41) is 1.12. The van der Waals surface area contributed by atoms with Gasteiger partial charge in [0, 0.05) is 23.4 Å². The molecule has 2 aromatic rings. The third-order valence-corrected chi connectivity index (χ3v) is 2.80. The summed E-state index contributed by atoms with van der Waals surface area (Å²) in [5.74, 6) is 0.966. The molecule has 0 fully saturated rings. The predicted octanol–water partition coefficient (Wildman–Crippen LogP) is 3.38. The van der Waals surface area contributed by atoms with Gasteiger partial charge in [-0.05, 0) is 18.2 Å². The third kappa shape index (κ3) is 1.83. The highest BCUT2D eigenvalue weighted by Gasteiger charge is 2.05. The first-order valence-electron chi connectivity index (χ1n) is 4.47. The van der Waals surface area contributed by atoms with Gasteiger partial charge in [0.2, 0.25) is 0 Å². The molecule has 0 N–H and O–H groups in total. The van der Waals surface area contributed by atoms with Crippen molar-refractivity contribution in [1.29, 1.82) is 0 Å². The molecule has 0 amide bonds. The van der Waals surface area contributed by atoms with Gasteiger partial charge in [0.25, 0.3) is 0 Å². The quantitative estimate of drug-likeness (QED) is 0.838. The minimum atomic E-state index is 0.692. The maximum atomic E-state index is 5.64. The summed E-state index contributed by atoms with van der Waals surface area (Å²) in [4.78, 5) is 0. The predicted molar refractivity (Wildman–Crippen MR) is 59.5 cm³/mol. The largest absolute Gasteiger partial charge is 0.461 e. The number of halogens is 1. The van der Waals surface area contributed by atoms with Crippen molar-refractivity contribution in [2.24, 2.45) is 0 Å². The van der Waals surface area contributed by atoms with E-state index in [1.54, 1.807) is 7.11 Å². The van der Waals surface area contributed by atoms with Gasteiger partial charge in [-0.3, -0.25) is 0 Å². The van der Waals surface area contributed by atoms with Crippen LogP contribution in [0.25, 0.3) is 11.0 Å². The maximum Gasteiger partial charge on any atom is 0.135 e. The highest BCUT2D eigenvalue weighted by Crippen LogP contribution is 2.26. The van der Waals surface area contributed by atoms with Crippen LogP contribution in [0.1, 0.15) is 5.76 Å². The lowest BCUT2D eigenvalue weighted by Gasteiger charge is -1.92. The molecule has 2 nitrogen and oxygen atoms in total. The van der Waals surface area contributed by atoms with Crippen molar-refractivity contribution in [1.82, 2.24) is 0 Å². The third-order valence-electron chi connectivity index (χ3n) is 2.11. The Labute approximate surface area is 91.0 Å². The average Bonchev–Trinajstić information content (AvgIpc) is 2.59. The normalized spacial score (nSPS) is 11.0. The summed E-state index contributed by atoms with van der Waals surface area (Å²) in [7, 11) is 1.69. The molecule has 0 atom stereocenters. The van der Waals surface area contributed by atoms with Crippen LogP contribution in [0, 0.1) is 0 Å². The Morgan fingerprint density at radius 1 is 1.43 bits per heavy atom. The number of rotatable bonds is 3. The first-order valence-corrected chi connectivity index (χ1v) is 5.26. The minimum Gasteiger partial charge on any atom is -0.461 e. The molecule has 0 saturated carbocycles. The molecule has 0 aliphatic carbocycles. The van der Waals surface area contributed by atoms with Gasteiger partial charge in [-0.15, -0.1) is 0 Å². The SMILES string of the molecule is COCCc1cc2c(Br)cccc2o1. The lowest BCUT2D eigenvalue weighted by atomic mass is 10.2. The molecule has 2 rings (SSSR count). The van der Waals surface area contributed by atoms with Crippen molar-refractivity contribution in [2.75, 3.05) is 13.7 Å². The standard InChI is InChI=1S/C11H11BrO2/c1-13-6-5-8-7-9-10(12)3-2-4-11(9)14-8/h2-4,7H,5-6H2,1H3. The molecule has 1 heterocycles. The van der Waals surface area contributed by atoms with Crippen LogP contribution in [0.2, 0.25) is 0 Å². The Balaban J connectivity index is 2.36. The van der Waals surface area contributed by atoms with Crippen LogP contribution in [-0.2, 0) is 11.2 Å². The van der Waals surface area contributed by atoms with Crippen LogP contribution in [0.4, 0.5) is 0 Å². The van der Waals surface area contributed by atoms with E-state index in [2.05, 4.69) is 22.0 Å². The Bertz CT molecular complexity index is 434. The molecule has 14 heavy (non-hydrogen) atoms. The van der Waals surface area contributed by atoms with Crippen molar-refractivity contribution in [2.45, 2.75) is 6.42 Å². The van der Waals surface area contributed by atoms with Gasteiger partial charge < -0.3 is 9.15 Å². The molecule has 0 saturated heterocycles. The maximum absolute atomic E-state index is 5.64. The molecule has 1 aromatic carbocycles. The fourth-order valence-corrected chi connectivity index (χ4v) is 1.87. The molecule has 0 aliphatic rings. The molecule has 0 spiro atoms. The van der Waals surface area contributed by atoms with Crippen molar-refractivity contribution >= 4 is 26.9 Å². The first kappa shape index (κ1) is 9.74. The number of fused-ring (bicyclic) bond motifs is 1. The van der Waals surface area contributed by atoms with Crippen LogP contribution in [0.5, 0.6) is 0 Å². The van der Waals surface area contributed by atoms with Gasteiger partial charge in [0.05, 0.1) is 6.61 Å². The first-order chi connectivity index (χ1) is 6.81. The Kier molecular flexibility index (Phi) is 2.89. The molecule has 74 valence electrons. The Hall–Kier alpha value is -0.800. The van der Waals surface area contributed by atoms with Crippen molar-refractivity contribution in [3.63, 3.8) is 0 Å². The van der Waals surface area contributed by atoms with Crippen LogP contribution in [0.15, 0.2) is 33.2 Å². The highest BCUT2D eigenvalue weighted by molar-refractivity contribution is 9.10. The van der Waals surface area contributed by atoms with E-state index >= 15 is 0 Å². The number of ether oxygens (including phenoxy) is 1. The second-order valence-electron chi connectivity index (χ2n) is 3.11. The van der Waals surface area contributed by atoms with E-state index in [0.717, 1.165) is 27.6 Å². The van der Waals surface area contributed by atoms with Gasteiger partial charge in [0.15, 0.2) is 0 Å². The summed E-state index contributed by atoms with van der Waals surface area (Å²) < 4.78 is 11.7. The van der Waals surface area contributed by atoms with E-state index < -0.39 is 0 Å². The lowest BCUT2D eigenvalue weighted by Crippen LogP contribution is -1.91. The van der Waals surface area contributed by atoms with Gasteiger partial charge >= 0.3 is 0 Å². The molecular formula is C11H11BrO2. The summed E-state index contributed by atoms with van der Waals surface area (Å²) in [6.07, 6.45) is 0.817. The monoisotopic (exact) mass is 254 g/mol. The summed E-state index contributed by atoms with van der Waals surface area (Å²) in [6.45, 7) is 0.692. The van der Waals surface area contributed by atoms with Gasteiger partial charge in [-0.25, -0.2) is 0 Å². The van der Waals surface area contributed by atoms with Crippen LogP contribution >= 0.6 is 15.9 Å². The van der Waals surface area contributed by atoms with Crippen molar-refractivity contribution in [3.05, 3.63) is 34.5 Å². The summed E-state index contributed by atoms with van der Waals surface area (Å²) in [6, 6.07) is 8.00. The van der Waals surface area contributed by atoms with E-state index in [4.69, 9.17) is 9.15 Å². The Morgan fingerprint density at radius 2 is 2.29 bits per heavy atom. The van der Waals surface area contributed by atoms with Crippen molar-refractivity contribution < 1.29 is 9.15 Å². The minimum absolute atomic E-state index is 0.692. The second-order valence-corrected chi connectivity index (χ2v) is 3.96. The fourth-order valence-electron chi connectivity index (χ4n) is 1.40. The van der Waals surface area contributed by atoms with Crippen molar-refractivity contribution in [3.8, 4) is 0 Å². The Morgan fingerprint density at radius 3 is 3.00 bits per heavy atom. The molecule has 0 bridgehead atoms. The van der Waals surface area contributed by atoms with Gasteiger partial charge in [-0.1, -0.05) is 22.0 Å². The summed E-state index contributed by atoms with van der Waals surface area (Å²) in [5.41, 5.74) is 0.922. The molecule has 0 unspecified atom stereocenters. The number of hydrogen-bond donors (Lipinski definition) is 0. The van der Waals surface area contributed by atoms with Gasteiger partial charge in [-0.2, -0.15) is 0 Å². The lowest BCUT2D eigenvalue weighted by molar-refractivity contribution is 0.197. The molecule has 1 aromatic heterocycles. The second kappa shape index (κ2) is 4.15. The number of hydrogen-bond acceptors (Lipinski definition) is 2. The zero-order valence-corrected chi connectivity index (χ0v) is 9.50. The van der Waals surface area contributed by atoms with Gasteiger partial charge in [0.1, 0.15) is 11.3 Å². The van der Waals surface area contributed by atoms with E-state index in [9.17, 15) is 0 Å². The smallest absolute Gasteiger partial charge is 0.135 e. The van der Waals surface area contributed by atoms with E-state index in [1.165, 1.54) is 0 Å². The number of benzene rings is 1. The topological polar surface area (TPSA) is 22.4 Å². The fraction of sp³-hybridized carbons (Fsp3) is 0.273. The zero-order valence-electron chi connectivity index (χ0n) is 7.92. The van der Waals surface area contributed by atoms with Crippen LogP contribution < -0.4 is 0 Å². The van der Waals surface area contributed by atoms with E-state index in [0.29, 0.717) is 6.61 Å². The zero-order chi connectivity index (χ0) is 9.97. The van der Waals surface area contributed by atoms with Crippen LogP contribution in [-0.4, -0.2) is 13.7 Å². The number of furan rings is 1. The summed E-state index contributed by atoms with van der Waals surface area (Å²) >= 11 is 3.49. The van der Waals surface area contributed by atoms with E-state index in [-0.39, 0.29) is 0 Å². The number of methoxy groups -OCH3 is 1. The molecule has 0 aliphatic heterocycles. The highest BCUT2D eigenvalue weighted by atomic mass is 79.9. The molecule has 0 radical (unpaired) electrons.